The van der Waals surface area contributed by atoms with Gasteiger partial charge in [0.1, 0.15) is 0 Å². The van der Waals surface area contributed by atoms with E-state index in [1.54, 1.807) is 0 Å². The molecule has 1 aromatic carbocycles. The molecule has 2 aliphatic rings. The summed E-state index contributed by atoms with van der Waals surface area (Å²) in [7, 11) is 0. The van der Waals surface area contributed by atoms with Crippen molar-refractivity contribution in [3.8, 4) is 0 Å². The number of benzene rings is 1. The van der Waals surface area contributed by atoms with E-state index in [-0.39, 0.29) is 6.10 Å². The fourth-order valence-corrected chi connectivity index (χ4v) is 2.35. The number of hydrogen-bond donors (Lipinski definition) is 1. The minimum absolute atomic E-state index is 0.161. The largest absolute Gasteiger partial charge is 0.371 e. The summed E-state index contributed by atoms with van der Waals surface area (Å²) in [4.78, 5) is 6.47. The summed E-state index contributed by atoms with van der Waals surface area (Å²) in [5.41, 5.74) is 2.48. The number of nitrogens with one attached hydrogen (secondary N) is 1. The van der Waals surface area contributed by atoms with Crippen molar-refractivity contribution in [3.05, 3.63) is 29.8 Å². The Bertz CT molecular complexity index is 413. The van der Waals surface area contributed by atoms with Crippen LogP contribution < -0.4 is 10.2 Å². The van der Waals surface area contributed by atoms with E-state index in [2.05, 4.69) is 39.5 Å². The molecule has 1 fully saturated rings. The first kappa shape index (κ1) is 10.7. The van der Waals surface area contributed by atoms with E-state index < -0.39 is 0 Å². The van der Waals surface area contributed by atoms with Crippen LogP contribution >= 0.6 is 0 Å². The lowest BCUT2D eigenvalue weighted by Crippen LogP contribution is -2.34. The Hall–Kier alpha value is -1.39. The van der Waals surface area contributed by atoms with Crippen molar-refractivity contribution in [1.29, 1.82) is 0 Å². The van der Waals surface area contributed by atoms with Crippen molar-refractivity contribution >= 4 is 12.0 Å². The third-order valence-corrected chi connectivity index (χ3v) is 3.21. The Morgan fingerprint density at radius 1 is 1.35 bits per heavy atom. The topological polar surface area (TPSA) is 36.9 Å². The molecule has 4 nitrogen and oxygen atoms in total. The quantitative estimate of drug-likeness (QED) is 0.831. The first-order chi connectivity index (χ1) is 8.45. The minimum Gasteiger partial charge on any atom is -0.371 e. The van der Waals surface area contributed by atoms with Crippen LogP contribution in [0, 0.1) is 0 Å². The molecule has 0 radical (unpaired) electrons. The maximum absolute atomic E-state index is 5.83. The Morgan fingerprint density at radius 3 is 3.06 bits per heavy atom. The summed E-state index contributed by atoms with van der Waals surface area (Å²) in [5.74, 6) is 0. The van der Waals surface area contributed by atoms with Gasteiger partial charge in [-0.05, 0) is 6.07 Å². The molecular formula is C13H17N3O. The van der Waals surface area contributed by atoms with Gasteiger partial charge in [-0.2, -0.15) is 0 Å². The molecule has 1 aromatic rings. The van der Waals surface area contributed by atoms with Crippen LogP contribution in [0.4, 0.5) is 5.69 Å². The van der Waals surface area contributed by atoms with Crippen LogP contribution in [0.3, 0.4) is 0 Å². The van der Waals surface area contributed by atoms with Crippen LogP contribution in [0.25, 0.3) is 0 Å². The molecule has 0 spiro atoms. The number of hydrogen-bond acceptors (Lipinski definition) is 4. The summed E-state index contributed by atoms with van der Waals surface area (Å²) in [6, 6.07) is 8.44. The highest BCUT2D eigenvalue weighted by Gasteiger charge is 2.21. The first-order valence-electron chi connectivity index (χ1n) is 6.13. The van der Waals surface area contributed by atoms with Crippen molar-refractivity contribution < 1.29 is 4.74 Å². The van der Waals surface area contributed by atoms with Gasteiger partial charge in [-0.3, -0.25) is 4.99 Å². The van der Waals surface area contributed by atoms with Gasteiger partial charge in [0.2, 0.25) is 0 Å². The highest BCUT2D eigenvalue weighted by Crippen LogP contribution is 2.29. The predicted molar refractivity (Wildman–Crippen MR) is 68.7 cm³/mol. The van der Waals surface area contributed by atoms with Gasteiger partial charge in [-0.1, -0.05) is 18.2 Å². The number of morpholine rings is 1. The van der Waals surface area contributed by atoms with E-state index in [0.29, 0.717) is 0 Å². The molecule has 4 heteroatoms. The molecule has 1 atom stereocenters. The lowest BCUT2D eigenvalue weighted by atomic mass is 10.1. The average Bonchev–Trinajstić information content (AvgIpc) is 2.94. The third kappa shape index (κ3) is 2.18. The second-order valence-corrected chi connectivity index (χ2v) is 4.34. The van der Waals surface area contributed by atoms with E-state index in [1.165, 1.54) is 11.3 Å². The van der Waals surface area contributed by atoms with E-state index in [0.717, 1.165) is 32.8 Å². The van der Waals surface area contributed by atoms with Crippen molar-refractivity contribution in [2.45, 2.75) is 6.10 Å². The van der Waals surface area contributed by atoms with E-state index in [9.17, 15) is 0 Å². The lowest BCUT2D eigenvalue weighted by Gasteiger charge is -2.28. The fourth-order valence-electron chi connectivity index (χ4n) is 2.35. The smallest absolute Gasteiger partial charge is 0.0969 e. The Kier molecular flexibility index (Phi) is 3.07. The average molecular weight is 231 g/mol. The minimum atomic E-state index is 0.161. The van der Waals surface area contributed by atoms with Gasteiger partial charge >= 0.3 is 0 Å². The van der Waals surface area contributed by atoms with Crippen LogP contribution in [0.1, 0.15) is 11.7 Å². The molecule has 1 N–H and O–H groups in total. The van der Waals surface area contributed by atoms with Crippen LogP contribution in [0.5, 0.6) is 0 Å². The van der Waals surface area contributed by atoms with Gasteiger partial charge in [0.05, 0.1) is 25.6 Å². The Labute approximate surface area is 101 Å². The lowest BCUT2D eigenvalue weighted by molar-refractivity contribution is 0.0280. The molecule has 0 aromatic heterocycles. The van der Waals surface area contributed by atoms with Gasteiger partial charge in [0.25, 0.3) is 0 Å². The van der Waals surface area contributed by atoms with Gasteiger partial charge < -0.3 is 15.0 Å². The molecule has 17 heavy (non-hydrogen) atoms. The SMILES string of the molecule is C1=NCCN1c1ccccc1C1CNCCO1. The molecule has 90 valence electrons. The number of nitrogens with zero attached hydrogens (tertiary/aromatic N) is 2. The zero-order chi connectivity index (χ0) is 11.5. The second kappa shape index (κ2) is 4.85. The molecule has 1 unspecified atom stereocenters. The van der Waals surface area contributed by atoms with E-state index in [1.807, 2.05) is 6.34 Å². The van der Waals surface area contributed by atoms with Crippen molar-refractivity contribution in [2.24, 2.45) is 4.99 Å². The molecule has 0 saturated carbocycles. The Balaban J connectivity index is 1.89. The van der Waals surface area contributed by atoms with Crippen molar-refractivity contribution in [3.63, 3.8) is 0 Å². The molecule has 0 bridgehead atoms. The molecular weight excluding hydrogens is 214 g/mol. The third-order valence-electron chi connectivity index (χ3n) is 3.21. The first-order valence-corrected chi connectivity index (χ1v) is 6.13. The highest BCUT2D eigenvalue weighted by molar-refractivity contribution is 5.82. The fraction of sp³-hybridized carbons (Fsp3) is 0.462. The maximum Gasteiger partial charge on any atom is 0.0969 e. The molecule has 2 heterocycles. The number of para-hydroxylation sites is 1. The summed E-state index contributed by atoms with van der Waals surface area (Å²) in [6.45, 7) is 4.48. The van der Waals surface area contributed by atoms with Gasteiger partial charge in [-0.15, -0.1) is 0 Å². The van der Waals surface area contributed by atoms with E-state index in [4.69, 9.17) is 4.74 Å². The molecule has 0 amide bonds. The highest BCUT2D eigenvalue weighted by atomic mass is 16.5. The predicted octanol–water partition coefficient (Wildman–Crippen LogP) is 1.20. The number of ether oxygens (including phenoxy) is 1. The van der Waals surface area contributed by atoms with E-state index >= 15 is 0 Å². The summed E-state index contributed by atoms with van der Waals surface area (Å²) < 4.78 is 5.83. The van der Waals surface area contributed by atoms with Crippen molar-refractivity contribution in [1.82, 2.24) is 5.32 Å². The summed E-state index contributed by atoms with van der Waals surface area (Å²) >= 11 is 0. The summed E-state index contributed by atoms with van der Waals surface area (Å²) in [5, 5.41) is 3.37. The standard InChI is InChI=1S/C13H17N3O/c1-2-4-12(16-7-5-15-10-16)11(3-1)13-9-14-6-8-17-13/h1-4,10,13-14H,5-9H2. The number of aliphatic imine (C=N–C) groups is 1. The number of rotatable bonds is 2. The van der Waals surface area contributed by atoms with Gasteiger partial charge in [0, 0.05) is 30.9 Å². The maximum atomic E-state index is 5.83. The van der Waals surface area contributed by atoms with Gasteiger partial charge in [-0.25, -0.2) is 0 Å². The Morgan fingerprint density at radius 2 is 2.29 bits per heavy atom. The number of anilines is 1. The monoisotopic (exact) mass is 231 g/mol. The van der Waals surface area contributed by atoms with Crippen LogP contribution in [0.15, 0.2) is 29.3 Å². The van der Waals surface area contributed by atoms with Crippen LogP contribution in [-0.2, 0) is 4.74 Å². The summed E-state index contributed by atoms with van der Waals surface area (Å²) in [6.07, 6.45) is 2.09. The van der Waals surface area contributed by atoms with Crippen molar-refractivity contribution in [2.75, 3.05) is 37.7 Å². The molecule has 0 aliphatic carbocycles. The normalized spacial score (nSPS) is 24.2. The molecule has 1 saturated heterocycles. The van der Waals surface area contributed by atoms with Gasteiger partial charge in [0.15, 0.2) is 0 Å². The van der Waals surface area contributed by atoms with Crippen LogP contribution in [-0.4, -0.2) is 39.1 Å². The molecule has 3 rings (SSSR count). The zero-order valence-corrected chi connectivity index (χ0v) is 9.80. The van der Waals surface area contributed by atoms with Crippen LogP contribution in [0.2, 0.25) is 0 Å². The second-order valence-electron chi connectivity index (χ2n) is 4.34. The zero-order valence-electron chi connectivity index (χ0n) is 9.80. The molecule has 2 aliphatic heterocycles.